The van der Waals surface area contributed by atoms with E-state index < -0.39 is 11.7 Å². The summed E-state index contributed by atoms with van der Waals surface area (Å²) in [6.45, 7) is 0.576. The zero-order valence-corrected chi connectivity index (χ0v) is 12.6. The molecule has 2 rings (SSSR count). The SMILES string of the molecule is COCCSc1nnc(CN)n1-c1cccc(C(F)(F)F)c1. The zero-order valence-electron chi connectivity index (χ0n) is 11.8. The van der Waals surface area contributed by atoms with Crippen molar-refractivity contribution >= 4 is 11.8 Å². The number of hydrogen-bond acceptors (Lipinski definition) is 5. The van der Waals surface area contributed by atoms with E-state index in [-0.39, 0.29) is 6.54 Å². The largest absolute Gasteiger partial charge is 0.416 e. The van der Waals surface area contributed by atoms with Gasteiger partial charge in [0.2, 0.25) is 0 Å². The van der Waals surface area contributed by atoms with Gasteiger partial charge in [0.15, 0.2) is 11.0 Å². The van der Waals surface area contributed by atoms with Gasteiger partial charge in [0.05, 0.1) is 24.4 Å². The van der Waals surface area contributed by atoms with Crippen LogP contribution in [0.1, 0.15) is 11.4 Å². The Hall–Kier alpha value is -1.58. The minimum Gasteiger partial charge on any atom is -0.384 e. The highest BCUT2D eigenvalue weighted by atomic mass is 32.2. The maximum Gasteiger partial charge on any atom is 0.416 e. The Morgan fingerprint density at radius 2 is 2.09 bits per heavy atom. The van der Waals surface area contributed by atoms with Gasteiger partial charge in [-0.2, -0.15) is 13.2 Å². The van der Waals surface area contributed by atoms with Crippen LogP contribution in [0.2, 0.25) is 0 Å². The molecular formula is C13H15F3N4OS. The lowest BCUT2D eigenvalue weighted by Gasteiger charge is -2.12. The molecule has 2 N–H and O–H groups in total. The molecule has 0 unspecified atom stereocenters. The number of hydrogen-bond donors (Lipinski definition) is 1. The number of methoxy groups -OCH3 is 1. The molecule has 22 heavy (non-hydrogen) atoms. The van der Waals surface area contributed by atoms with Crippen molar-refractivity contribution in [3.8, 4) is 5.69 Å². The second-order valence-corrected chi connectivity index (χ2v) is 5.39. The van der Waals surface area contributed by atoms with Crippen LogP contribution in [0.5, 0.6) is 0 Å². The van der Waals surface area contributed by atoms with Gasteiger partial charge in [-0.05, 0) is 18.2 Å². The highest BCUT2D eigenvalue weighted by Crippen LogP contribution is 2.31. The van der Waals surface area contributed by atoms with Crippen LogP contribution in [0.15, 0.2) is 29.4 Å². The fraction of sp³-hybridized carbons (Fsp3) is 0.385. The summed E-state index contributed by atoms with van der Waals surface area (Å²) in [7, 11) is 1.57. The van der Waals surface area contributed by atoms with Gasteiger partial charge in [-0.1, -0.05) is 17.8 Å². The molecule has 1 heterocycles. The summed E-state index contributed by atoms with van der Waals surface area (Å²) in [6.07, 6.45) is -4.41. The van der Waals surface area contributed by atoms with E-state index in [4.69, 9.17) is 10.5 Å². The van der Waals surface area contributed by atoms with Crippen molar-refractivity contribution in [3.63, 3.8) is 0 Å². The first-order chi connectivity index (χ1) is 10.5. The van der Waals surface area contributed by atoms with Crippen LogP contribution < -0.4 is 5.73 Å². The van der Waals surface area contributed by atoms with Gasteiger partial charge in [-0.3, -0.25) is 4.57 Å². The molecule has 1 aromatic carbocycles. The second-order valence-electron chi connectivity index (χ2n) is 4.33. The summed E-state index contributed by atoms with van der Waals surface area (Å²) in [6, 6.07) is 5.00. The Kier molecular flexibility index (Phi) is 5.43. The minimum atomic E-state index is -4.41. The Balaban J connectivity index is 2.40. The monoisotopic (exact) mass is 332 g/mol. The van der Waals surface area contributed by atoms with E-state index in [9.17, 15) is 13.2 Å². The van der Waals surface area contributed by atoms with Gasteiger partial charge in [-0.15, -0.1) is 10.2 Å². The highest BCUT2D eigenvalue weighted by Gasteiger charge is 2.30. The summed E-state index contributed by atoms with van der Waals surface area (Å²) in [4.78, 5) is 0. The van der Waals surface area contributed by atoms with Crippen molar-refractivity contribution in [2.75, 3.05) is 19.5 Å². The summed E-state index contributed by atoms with van der Waals surface area (Å²) in [5, 5.41) is 8.40. The maximum atomic E-state index is 12.9. The molecule has 0 bridgehead atoms. The van der Waals surface area contributed by atoms with E-state index in [2.05, 4.69) is 10.2 Å². The van der Waals surface area contributed by atoms with Gasteiger partial charge >= 0.3 is 6.18 Å². The third-order valence-corrected chi connectivity index (χ3v) is 3.73. The summed E-state index contributed by atoms with van der Waals surface area (Å²) < 4.78 is 45.1. The number of nitrogens with two attached hydrogens (primary N) is 1. The lowest BCUT2D eigenvalue weighted by atomic mass is 10.2. The van der Waals surface area contributed by atoms with E-state index in [0.29, 0.717) is 29.0 Å². The Bertz CT molecular complexity index is 630. The lowest BCUT2D eigenvalue weighted by molar-refractivity contribution is -0.137. The number of aromatic nitrogens is 3. The van der Waals surface area contributed by atoms with Gasteiger partial charge in [0.1, 0.15) is 0 Å². The standard InChI is InChI=1S/C13H15F3N4OS/c1-21-5-6-22-12-19-18-11(8-17)20(12)10-4-2-3-9(7-10)13(14,15)16/h2-4,7H,5-6,8,17H2,1H3. The fourth-order valence-electron chi connectivity index (χ4n) is 1.82. The molecule has 0 aliphatic rings. The van der Waals surface area contributed by atoms with Crippen molar-refractivity contribution in [3.05, 3.63) is 35.7 Å². The predicted octanol–water partition coefficient (Wildman–Crippen LogP) is 2.48. The number of benzene rings is 1. The molecule has 0 saturated carbocycles. The quantitative estimate of drug-likeness (QED) is 0.650. The van der Waals surface area contributed by atoms with Gasteiger partial charge in [-0.25, -0.2) is 0 Å². The van der Waals surface area contributed by atoms with Crippen molar-refractivity contribution in [2.45, 2.75) is 17.9 Å². The predicted molar refractivity (Wildman–Crippen MR) is 76.9 cm³/mol. The van der Waals surface area contributed by atoms with Crippen LogP contribution in [0.3, 0.4) is 0 Å². The topological polar surface area (TPSA) is 66.0 Å². The zero-order chi connectivity index (χ0) is 16.2. The first-order valence-electron chi connectivity index (χ1n) is 6.41. The fourth-order valence-corrected chi connectivity index (χ4v) is 2.69. The van der Waals surface area contributed by atoms with Gasteiger partial charge in [0.25, 0.3) is 0 Å². The number of ether oxygens (including phenoxy) is 1. The number of rotatable bonds is 6. The first-order valence-corrected chi connectivity index (χ1v) is 7.39. The van der Waals surface area contributed by atoms with E-state index in [1.165, 1.54) is 22.4 Å². The molecule has 0 atom stereocenters. The molecule has 5 nitrogen and oxygen atoms in total. The van der Waals surface area contributed by atoms with Crippen molar-refractivity contribution in [2.24, 2.45) is 5.73 Å². The second kappa shape index (κ2) is 7.12. The first kappa shape index (κ1) is 16.8. The molecule has 0 fully saturated rings. The van der Waals surface area contributed by atoms with Crippen LogP contribution >= 0.6 is 11.8 Å². The minimum absolute atomic E-state index is 0.0775. The Labute approximate surface area is 129 Å². The van der Waals surface area contributed by atoms with Gasteiger partial charge < -0.3 is 10.5 Å². The molecule has 120 valence electrons. The number of thioether (sulfide) groups is 1. The number of nitrogens with zero attached hydrogens (tertiary/aromatic N) is 3. The number of halogens is 3. The number of alkyl halides is 3. The normalized spacial score (nSPS) is 11.9. The van der Waals surface area contributed by atoms with E-state index in [1.54, 1.807) is 13.2 Å². The maximum absolute atomic E-state index is 12.9. The molecule has 1 aromatic heterocycles. The third-order valence-electron chi connectivity index (χ3n) is 2.83. The smallest absolute Gasteiger partial charge is 0.384 e. The molecular weight excluding hydrogens is 317 g/mol. The molecule has 0 aliphatic carbocycles. The summed E-state index contributed by atoms with van der Waals surface area (Å²) >= 11 is 1.34. The molecule has 2 aromatic rings. The average molecular weight is 332 g/mol. The summed E-state index contributed by atoms with van der Waals surface area (Å²) in [5.74, 6) is 1.01. The van der Waals surface area contributed by atoms with Crippen molar-refractivity contribution in [1.82, 2.24) is 14.8 Å². The molecule has 0 radical (unpaired) electrons. The molecule has 0 spiro atoms. The summed E-state index contributed by atoms with van der Waals surface area (Å²) in [5.41, 5.74) is 5.21. The van der Waals surface area contributed by atoms with Crippen molar-refractivity contribution < 1.29 is 17.9 Å². The van der Waals surface area contributed by atoms with Crippen LogP contribution in [0, 0.1) is 0 Å². The Morgan fingerprint density at radius 3 is 2.73 bits per heavy atom. The highest BCUT2D eigenvalue weighted by molar-refractivity contribution is 7.99. The van der Waals surface area contributed by atoms with E-state index >= 15 is 0 Å². The van der Waals surface area contributed by atoms with Crippen LogP contribution in [-0.4, -0.2) is 34.2 Å². The van der Waals surface area contributed by atoms with Crippen LogP contribution in [0.4, 0.5) is 13.2 Å². The molecule has 0 saturated heterocycles. The van der Waals surface area contributed by atoms with Crippen LogP contribution in [-0.2, 0) is 17.5 Å². The lowest BCUT2D eigenvalue weighted by Crippen LogP contribution is -2.10. The molecule has 0 aliphatic heterocycles. The van der Waals surface area contributed by atoms with E-state index in [0.717, 1.165) is 12.1 Å². The van der Waals surface area contributed by atoms with E-state index in [1.807, 2.05) is 0 Å². The van der Waals surface area contributed by atoms with Gasteiger partial charge in [0, 0.05) is 12.9 Å². The molecule has 9 heteroatoms. The van der Waals surface area contributed by atoms with Crippen LogP contribution in [0.25, 0.3) is 5.69 Å². The van der Waals surface area contributed by atoms with Crippen molar-refractivity contribution in [1.29, 1.82) is 0 Å². The Morgan fingerprint density at radius 1 is 1.32 bits per heavy atom. The molecule has 0 amide bonds. The average Bonchev–Trinajstić information content (AvgIpc) is 2.90. The third kappa shape index (κ3) is 3.79.